The number of nitrogens with zero attached hydrogens (tertiary/aromatic N) is 1. The molecule has 0 saturated carbocycles. The number of hydrogen-bond acceptors (Lipinski definition) is 7. The Bertz CT molecular complexity index is 806. The first kappa shape index (κ1) is 18.1. The molecule has 0 radical (unpaired) electrons. The summed E-state index contributed by atoms with van der Waals surface area (Å²) in [4.78, 5) is 16.2. The molecule has 0 aliphatic heterocycles. The van der Waals surface area contributed by atoms with Gasteiger partial charge in [-0.05, 0) is 36.8 Å². The van der Waals surface area contributed by atoms with Gasteiger partial charge in [0.15, 0.2) is 34.5 Å². The zero-order valence-electron chi connectivity index (χ0n) is 14.1. The number of ketones is 1. The Morgan fingerprint density at radius 3 is 2.28 bits per heavy atom. The van der Waals surface area contributed by atoms with Crippen LogP contribution in [0.15, 0.2) is 29.3 Å². The molecule has 0 saturated heterocycles. The number of aryl methyl sites for hydroxylation is 1. The summed E-state index contributed by atoms with van der Waals surface area (Å²) in [7, 11) is 3.04. The summed E-state index contributed by atoms with van der Waals surface area (Å²) in [6.45, 7) is 1.69. The number of benzene rings is 2. The van der Waals surface area contributed by atoms with E-state index in [0.29, 0.717) is 17.1 Å². The van der Waals surface area contributed by atoms with Crippen LogP contribution in [0.25, 0.3) is 0 Å². The third-order valence-corrected chi connectivity index (χ3v) is 3.51. The number of carbonyl (C=O) groups is 1. The summed E-state index contributed by atoms with van der Waals surface area (Å²) >= 11 is 0. The quantitative estimate of drug-likeness (QED) is 0.421. The number of hydrogen-bond donors (Lipinski definition) is 3. The Hall–Kier alpha value is -3.22. The smallest absolute Gasteiger partial charge is 0.200 e. The van der Waals surface area contributed by atoms with Crippen molar-refractivity contribution >= 4 is 12.0 Å². The lowest BCUT2D eigenvalue weighted by molar-refractivity contribution is 0.100. The predicted octanol–water partition coefficient (Wildman–Crippen LogP) is 2.43. The summed E-state index contributed by atoms with van der Waals surface area (Å²) in [6, 6.07) is 5.81. The van der Waals surface area contributed by atoms with E-state index in [1.54, 1.807) is 0 Å². The Kier molecular flexibility index (Phi) is 5.49. The molecule has 7 heteroatoms. The van der Waals surface area contributed by atoms with Crippen LogP contribution in [0.1, 0.15) is 21.5 Å². The molecule has 0 aliphatic rings. The SMILES string of the molecule is COc1cc(C)cc(C=NCC(=O)c2cc(O)c(O)c(O)c2)c1OC. The minimum absolute atomic E-state index is 0.0405. The molecule has 0 amide bonds. The zero-order valence-corrected chi connectivity index (χ0v) is 14.1. The molecule has 0 unspecified atom stereocenters. The molecule has 25 heavy (non-hydrogen) atoms. The van der Waals surface area contributed by atoms with Crippen LogP contribution in [-0.2, 0) is 0 Å². The molecular formula is C18H19NO6. The van der Waals surface area contributed by atoms with E-state index in [1.807, 2.05) is 19.1 Å². The summed E-state index contributed by atoms with van der Waals surface area (Å²) in [5.41, 5.74) is 1.64. The van der Waals surface area contributed by atoms with Crippen LogP contribution in [0.4, 0.5) is 0 Å². The van der Waals surface area contributed by atoms with Gasteiger partial charge in [-0.1, -0.05) is 0 Å². The van der Waals surface area contributed by atoms with Crippen LogP contribution in [0.2, 0.25) is 0 Å². The summed E-state index contributed by atoms with van der Waals surface area (Å²) < 4.78 is 10.6. The molecule has 0 aliphatic carbocycles. The fraction of sp³-hybridized carbons (Fsp3) is 0.222. The molecule has 0 atom stereocenters. The van der Waals surface area contributed by atoms with E-state index >= 15 is 0 Å². The van der Waals surface area contributed by atoms with Gasteiger partial charge in [-0.15, -0.1) is 0 Å². The van der Waals surface area contributed by atoms with Crippen LogP contribution in [-0.4, -0.2) is 48.1 Å². The Labute approximate surface area is 144 Å². The largest absolute Gasteiger partial charge is 0.504 e. The van der Waals surface area contributed by atoms with E-state index < -0.39 is 23.0 Å². The lowest BCUT2D eigenvalue weighted by atomic mass is 10.1. The van der Waals surface area contributed by atoms with Crippen molar-refractivity contribution in [1.82, 2.24) is 0 Å². The molecule has 132 valence electrons. The van der Waals surface area contributed by atoms with Crippen molar-refractivity contribution in [2.24, 2.45) is 4.99 Å². The maximum absolute atomic E-state index is 12.1. The summed E-state index contributed by atoms with van der Waals surface area (Å²) in [5.74, 6) is -1.18. The van der Waals surface area contributed by atoms with Crippen molar-refractivity contribution in [2.45, 2.75) is 6.92 Å². The Morgan fingerprint density at radius 2 is 1.72 bits per heavy atom. The number of ether oxygens (including phenoxy) is 2. The molecule has 0 fully saturated rings. The first-order chi connectivity index (χ1) is 11.9. The molecule has 2 aromatic rings. The number of phenolic OH excluding ortho intramolecular Hbond substituents is 3. The van der Waals surface area contributed by atoms with Crippen molar-refractivity contribution in [3.63, 3.8) is 0 Å². The Morgan fingerprint density at radius 1 is 1.08 bits per heavy atom. The van der Waals surface area contributed by atoms with Gasteiger partial charge in [0.2, 0.25) is 0 Å². The van der Waals surface area contributed by atoms with E-state index in [9.17, 15) is 20.1 Å². The highest BCUT2D eigenvalue weighted by Crippen LogP contribution is 2.35. The highest BCUT2D eigenvalue weighted by Gasteiger charge is 2.13. The van der Waals surface area contributed by atoms with E-state index in [1.165, 1.54) is 20.4 Å². The molecule has 2 rings (SSSR count). The van der Waals surface area contributed by atoms with Crippen LogP contribution in [0, 0.1) is 6.92 Å². The Balaban J connectivity index is 2.21. The van der Waals surface area contributed by atoms with Gasteiger partial charge >= 0.3 is 0 Å². The molecule has 3 N–H and O–H groups in total. The van der Waals surface area contributed by atoms with Crippen molar-refractivity contribution in [1.29, 1.82) is 0 Å². The van der Waals surface area contributed by atoms with E-state index in [-0.39, 0.29) is 12.1 Å². The maximum atomic E-state index is 12.1. The van der Waals surface area contributed by atoms with Gasteiger partial charge in [0.05, 0.1) is 14.2 Å². The number of phenols is 3. The zero-order chi connectivity index (χ0) is 18.6. The fourth-order valence-corrected chi connectivity index (χ4v) is 2.32. The van der Waals surface area contributed by atoms with Crippen molar-refractivity contribution < 1.29 is 29.6 Å². The van der Waals surface area contributed by atoms with Crippen LogP contribution in [0.5, 0.6) is 28.7 Å². The van der Waals surface area contributed by atoms with Gasteiger partial charge in [-0.3, -0.25) is 9.79 Å². The number of Topliss-reactive ketones (excluding diaryl/α,β-unsaturated/α-hetero) is 1. The van der Waals surface area contributed by atoms with Crippen molar-refractivity contribution in [3.8, 4) is 28.7 Å². The molecule has 7 nitrogen and oxygen atoms in total. The number of aliphatic imine (C=N–C) groups is 1. The van der Waals surface area contributed by atoms with Crippen LogP contribution >= 0.6 is 0 Å². The number of carbonyl (C=O) groups excluding carboxylic acids is 1. The average Bonchev–Trinajstić information content (AvgIpc) is 2.58. The van der Waals surface area contributed by atoms with Crippen LogP contribution < -0.4 is 9.47 Å². The third kappa shape index (κ3) is 4.00. The molecule has 0 heterocycles. The number of methoxy groups -OCH3 is 2. The second-order valence-corrected chi connectivity index (χ2v) is 5.35. The highest BCUT2D eigenvalue weighted by atomic mass is 16.5. The molecule has 2 aromatic carbocycles. The lowest BCUT2D eigenvalue weighted by Crippen LogP contribution is -2.04. The van der Waals surface area contributed by atoms with Gasteiger partial charge in [-0.2, -0.15) is 0 Å². The van der Waals surface area contributed by atoms with Gasteiger partial charge in [-0.25, -0.2) is 0 Å². The van der Waals surface area contributed by atoms with E-state index in [2.05, 4.69) is 4.99 Å². The van der Waals surface area contributed by atoms with Gasteiger partial charge < -0.3 is 24.8 Å². The fourth-order valence-electron chi connectivity index (χ4n) is 2.32. The number of aromatic hydroxyl groups is 3. The molecule has 0 aromatic heterocycles. The minimum atomic E-state index is -0.670. The van der Waals surface area contributed by atoms with Gasteiger partial charge in [0.1, 0.15) is 6.54 Å². The number of rotatable bonds is 6. The van der Waals surface area contributed by atoms with E-state index in [0.717, 1.165) is 17.7 Å². The topological polar surface area (TPSA) is 109 Å². The summed E-state index contributed by atoms with van der Waals surface area (Å²) in [6.07, 6.45) is 1.49. The first-order valence-corrected chi connectivity index (χ1v) is 7.38. The average molecular weight is 345 g/mol. The minimum Gasteiger partial charge on any atom is -0.504 e. The monoisotopic (exact) mass is 345 g/mol. The normalized spacial score (nSPS) is 10.8. The first-order valence-electron chi connectivity index (χ1n) is 7.38. The second-order valence-electron chi connectivity index (χ2n) is 5.35. The third-order valence-electron chi connectivity index (χ3n) is 3.51. The molecule has 0 spiro atoms. The van der Waals surface area contributed by atoms with E-state index in [4.69, 9.17) is 9.47 Å². The van der Waals surface area contributed by atoms with Gasteiger partial charge in [0, 0.05) is 17.3 Å². The summed E-state index contributed by atoms with van der Waals surface area (Å²) in [5, 5.41) is 28.2. The highest BCUT2D eigenvalue weighted by molar-refractivity contribution is 6.00. The second kappa shape index (κ2) is 7.57. The molecule has 0 bridgehead atoms. The van der Waals surface area contributed by atoms with Crippen molar-refractivity contribution in [2.75, 3.05) is 20.8 Å². The van der Waals surface area contributed by atoms with Gasteiger partial charge in [0.25, 0.3) is 0 Å². The van der Waals surface area contributed by atoms with Crippen LogP contribution in [0.3, 0.4) is 0 Å². The predicted molar refractivity (Wildman–Crippen MR) is 92.5 cm³/mol. The maximum Gasteiger partial charge on any atom is 0.200 e. The van der Waals surface area contributed by atoms with Crippen molar-refractivity contribution in [3.05, 3.63) is 41.0 Å². The standard InChI is InChI=1S/C18H19NO6/c1-10-4-12(18(25-3)16(5-10)24-2)8-19-9-15(22)11-6-13(20)17(23)14(21)7-11/h4-8,20-21,23H,9H2,1-3H3. The lowest BCUT2D eigenvalue weighted by Gasteiger charge is -2.11. The molecular weight excluding hydrogens is 326 g/mol.